The molecule has 7 rings (SSSR count). The van der Waals surface area contributed by atoms with E-state index < -0.39 is 49.2 Å². The molecular weight excluding hydrogens is 640 g/mol. The molecule has 2 heterocycles. The van der Waals surface area contributed by atoms with E-state index in [1.807, 2.05) is 0 Å². The second-order valence-corrected chi connectivity index (χ2v) is 19.3. The summed E-state index contributed by atoms with van der Waals surface area (Å²) in [6, 6.07) is 0. The minimum Gasteiger partial charge on any atom is -0.388 e. The molecular formula is C40H66O10. The number of aliphatic hydroxyl groups is 6. The first-order chi connectivity index (χ1) is 23.4. The van der Waals surface area contributed by atoms with E-state index in [1.54, 1.807) is 5.57 Å². The number of fused-ring (bicyclic) bond motifs is 7. The third-order valence-corrected chi connectivity index (χ3v) is 16.8. The van der Waals surface area contributed by atoms with Gasteiger partial charge in [0, 0.05) is 5.41 Å². The summed E-state index contributed by atoms with van der Waals surface area (Å²) in [4.78, 5) is 0. The van der Waals surface area contributed by atoms with Gasteiger partial charge in [0.2, 0.25) is 0 Å². The number of ether oxygens (including phenoxy) is 4. The van der Waals surface area contributed by atoms with Gasteiger partial charge in [0.1, 0.15) is 36.6 Å². The van der Waals surface area contributed by atoms with Crippen LogP contribution in [-0.2, 0) is 18.9 Å². The van der Waals surface area contributed by atoms with Gasteiger partial charge in [0.25, 0.3) is 0 Å². The molecule has 10 nitrogen and oxygen atoms in total. The molecule has 6 fully saturated rings. The largest absolute Gasteiger partial charge is 0.388 e. The van der Waals surface area contributed by atoms with Crippen LogP contribution in [0.2, 0.25) is 0 Å². The number of allylic oxidation sites excluding steroid dienone is 2. The van der Waals surface area contributed by atoms with E-state index in [0.29, 0.717) is 36.2 Å². The van der Waals surface area contributed by atoms with Gasteiger partial charge in [0.05, 0.1) is 25.9 Å². The van der Waals surface area contributed by atoms with Crippen LogP contribution in [0.4, 0.5) is 0 Å². The van der Waals surface area contributed by atoms with Crippen LogP contribution in [0.5, 0.6) is 0 Å². The van der Waals surface area contributed by atoms with Crippen molar-refractivity contribution in [1.82, 2.24) is 0 Å². The fourth-order valence-electron chi connectivity index (χ4n) is 13.3. The van der Waals surface area contributed by atoms with E-state index in [4.69, 9.17) is 18.9 Å². The van der Waals surface area contributed by atoms with Gasteiger partial charge in [-0.15, -0.1) is 0 Å². The zero-order valence-corrected chi connectivity index (χ0v) is 31.5. The van der Waals surface area contributed by atoms with Crippen molar-refractivity contribution in [2.75, 3.05) is 19.8 Å². The highest BCUT2D eigenvalue weighted by Crippen LogP contribution is 2.76. The molecule has 0 amide bonds. The van der Waals surface area contributed by atoms with Gasteiger partial charge in [-0.3, -0.25) is 0 Å². The Morgan fingerprint density at radius 1 is 0.720 bits per heavy atom. The number of hydrogen-bond donors (Lipinski definition) is 6. The van der Waals surface area contributed by atoms with Crippen LogP contribution in [-0.4, -0.2) is 106 Å². The second kappa shape index (κ2) is 13.0. The van der Waals surface area contributed by atoms with Crippen molar-refractivity contribution in [3.05, 3.63) is 11.6 Å². The first-order valence-electron chi connectivity index (χ1n) is 19.7. The maximum Gasteiger partial charge on any atom is 0.186 e. The summed E-state index contributed by atoms with van der Waals surface area (Å²) in [6.45, 7) is 17.5. The molecule has 10 heteroatoms. The van der Waals surface area contributed by atoms with Crippen molar-refractivity contribution >= 4 is 0 Å². The fraction of sp³-hybridized carbons (Fsp3) is 0.950. The maximum absolute atomic E-state index is 10.7. The smallest absolute Gasteiger partial charge is 0.186 e. The molecule has 6 N–H and O–H groups in total. The minimum absolute atomic E-state index is 0.0407. The quantitative estimate of drug-likeness (QED) is 0.183. The van der Waals surface area contributed by atoms with E-state index in [9.17, 15) is 30.6 Å². The highest BCUT2D eigenvalue weighted by Gasteiger charge is 2.69. The van der Waals surface area contributed by atoms with Crippen LogP contribution in [0.3, 0.4) is 0 Å². The monoisotopic (exact) mass is 706 g/mol. The maximum atomic E-state index is 10.7. The van der Waals surface area contributed by atoms with E-state index >= 15 is 0 Å². The Balaban J connectivity index is 1.15. The SMILES string of the molecule is C[C@H]1[C@H](C)CC[C@]2(CO[C@@H]3OC[C@@H](O)[C@H](O)[C@@H]3O)CC[C@]3(C)C(=CC[C@@H]4[C@@]5(C)CC[C@H](O[C@H]6OC[C@@H](O)[C@H](O)[C@@H]6O)C(C)(C)[C@@H]5CC[C@]43C)[C@H]12. The van der Waals surface area contributed by atoms with Crippen LogP contribution in [0.1, 0.15) is 106 Å². The lowest BCUT2D eigenvalue weighted by Crippen LogP contribution is -2.66. The predicted octanol–water partition coefficient (Wildman–Crippen LogP) is 3.92. The van der Waals surface area contributed by atoms with Crippen LogP contribution in [0, 0.1) is 56.7 Å². The van der Waals surface area contributed by atoms with Crippen molar-refractivity contribution in [3.63, 3.8) is 0 Å². The first-order valence-corrected chi connectivity index (χ1v) is 19.7. The molecule has 18 atom stereocenters. The molecule has 2 saturated heterocycles. The zero-order chi connectivity index (χ0) is 36.2. The predicted molar refractivity (Wildman–Crippen MR) is 185 cm³/mol. The van der Waals surface area contributed by atoms with E-state index in [-0.39, 0.29) is 46.4 Å². The minimum atomic E-state index is -1.28. The standard InChI is InChI=1S/C40H66O10/c1-21-10-15-40(20-49-34-32(45)30(43)24(41)18-47-34)17-16-38(6)23(29(40)22(21)2)8-9-27-37(5)13-12-28(36(3,4)26(37)11-14-39(27,38)7)50-35-33(46)31(44)25(42)19-48-35/h8,21-22,24-35,41-46H,9-20H2,1-7H3/t21-,22+,24-,25-,26+,27-,28+,29+,30+,31+,32+,33+,34+,35-,37+,38-,39-,40-/m1/s1. The number of rotatable bonds is 5. The Hall–Kier alpha value is -0.660. The molecule has 0 aromatic carbocycles. The topological polar surface area (TPSA) is 158 Å². The summed E-state index contributed by atoms with van der Waals surface area (Å²) in [5.74, 6) is 2.37. The van der Waals surface area contributed by atoms with Gasteiger partial charge in [-0.2, -0.15) is 0 Å². The average molecular weight is 707 g/mol. The van der Waals surface area contributed by atoms with Crippen LogP contribution < -0.4 is 0 Å². The lowest BCUT2D eigenvalue weighted by molar-refractivity contribution is -0.308. The van der Waals surface area contributed by atoms with Gasteiger partial charge in [0.15, 0.2) is 12.6 Å². The normalized spacial score (nSPS) is 56.3. The lowest BCUT2D eigenvalue weighted by Gasteiger charge is -2.72. The van der Waals surface area contributed by atoms with Crippen molar-refractivity contribution < 1.29 is 49.6 Å². The third kappa shape index (κ3) is 5.47. The van der Waals surface area contributed by atoms with Crippen molar-refractivity contribution in [3.8, 4) is 0 Å². The molecule has 2 aliphatic heterocycles. The first kappa shape index (κ1) is 37.6. The van der Waals surface area contributed by atoms with Gasteiger partial charge >= 0.3 is 0 Å². The van der Waals surface area contributed by atoms with E-state index in [1.165, 1.54) is 0 Å². The summed E-state index contributed by atoms with van der Waals surface area (Å²) in [7, 11) is 0. The fourth-order valence-corrected chi connectivity index (χ4v) is 13.3. The Labute approximate surface area is 298 Å². The summed E-state index contributed by atoms with van der Waals surface area (Å²) >= 11 is 0. The molecule has 5 aliphatic carbocycles. The molecule has 0 aromatic heterocycles. The van der Waals surface area contributed by atoms with E-state index in [0.717, 1.165) is 57.8 Å². The molecule has 286 valence electrons. The van der Waals surface area contributed by atoms with Crippen LogP contribution in [0.25, 0.3) is 0 Å². The Kier molecular flexibility index (Phi) is 9.78. The number of aliphatic hydroxyl groups excluding tert-OH is 6. The molecule has 4 saturated carbocycles. The molecule has 0 unspecified atom stereocenters. The summed E-state index contributed by atoms with van der Waals surface area (Å²) in [5, 5.41) is 62.0. The van der Waals surface area contributed by atoms with Gasteiger partial charge in [-0.25, -0.2) is 0 Å². The molecule has 50 heavy (non-hydrogen) atoms. The van der Waals surface area contributed by atoms with Crippen LogP contribution in [0.15, 0.2) is 11.6 Å². The molecule has 0 spiro atoms. The molecule has 0 aromatic rings. The second-order valence-electron chi connectivity index (χ2n) is 19.3. The summed E-state index contributed by atoms with van der Waals surface area (Å²) in [5.41, 5.74) is 1.63. The Bertz CT molecular complexity index is 1290. The van der Waals surface area contributed by atoms with Crippen molar-refractivity contribution in [2.45, 2.75) is 162 Å². The Morgan fingerprint density at radius 3 is 2.04 bits per heavy atom. The van der Waals surface area contributed by atoms with Crippen LogP contribution >= 0.6 is 0 Å². The summed E-state index contributed by atoms with van der Waals surface area (Å²) < 4.78 is 24.3. The van der Waals surface area contributed by atoms with Crippen molar-refractivity contribution in [2.24, 2.45) is 56.7 Å². The van der Waals surface area contributed by atoms with Gasteiger partial charge in [-0.05, 0) is 109 Å². The van der Waals surface area contributed by atoms with Gasteiger partial charge in [-0.1, -0.05) is 60.1 Å². The van der Waals surface area contributed by atoms with Crippen molar-refractivity contribution in [1.29, 1.82) is 0 Å². The molecule has 0 radical (unpaired) electrons. The molecule has 7 aliphatic rings. The third-order valence-electron chi connectivity index (χ3n) is 16.8. The number of hydrogen-bond acceptors (Lipinski definition) is 10. The lowest BCUT2D eigenvalue weighted by atomic mass is 9.33. The summed E-state index contributed by atoms with van der Waals surface area (Å²) in [6.07, 6.45) is 2.76. The average Bonchev–Trinajstić information content (AvgIpc) is 3.07. The highest BCUT2D eigenvalue weighted by atomic mass is 16.7. The van der Waals surface area contributed by atoms with E-state index in [2.05, 4.69) is 54.5 Å². The van der Waals surface area contributed by atoms with Gasteiger partial charge < -0.3 is 49.6 Å². The molecule has 0 bridgehead atoms. The highest BCUT2D eigenvalue weighted by molar-refractivity contribution is 5.34. The zero-order valence-electron chi connectivity index (χ0n) is 31.5. The Morgan fingerprint density at radius 2 is 1.36 bits per heavy atom.